The van der Waals surface area contributed by atoms with E-state index in [1.54, 1.807) is 6.20 Å². The van der Waals surface area contributed by atoms with Gasteiger partial charge in [-0.25, -0.2) is 9.97 Å². The molecule has 2 aliphatic rings. The maximum atomic E-state index is 12.2. The van der Waals surface area contributed by atoms with E-state index in [0.29, 0.717) is 29.4 Å². The van der Waals surface area contributed by atoms with E-state index in [4.69, 9.17) is 10.1 Å². The molecule has 5 rings (SSSR count). The van der Waals surface area contributed by atoms with Crippen LogP contribution in [0.2, 0.25) is 0 Å². The van der Waals surface area contributed by atoms with Crippen LogP contribution in [0.3, 0.4) is 0 Å². The van der Waals surface area contributed by atoms with Gasteiger partial charge in [-0.2, -0.15) is 0 Å². The van der Waals surface area contributed by atoms with Crippen LogP contribution in [-0.2, 0) is 4.79 Å². The number of aromatic nitrogens is 2. The largest absolute Gasteiger partial charge is 0.457 e. The van der Waals surface area contributed by atoms with E-state index < -0.39 is 0 Å². The SMILES string of the molecule is CN(C)CC#CC(=O)N1CC2(CC(Nc3ncncc3C(=N)c3ccc(Oc4ccccc4)cc3)C2)C1. The van der Waals surface area contributed by atoms with Gasteiger partial charge in [0.05, 0.1) is 17.8 Å². The van der Waals surface area contributed by atoms with Gasteiger partial charge in [0, 0.05) is 36.3 Å². The Labute approximate surface area is 217 Å². The summed E-state index contributed by atoms with van der Waals surface area (Å²) < 4.78 is 5.86. The number of amides is 1. The van der Waals surface area contributed by atoms with Crippen LogP contribution in [0.5, 0.6) is 11.5 Å². The Kier molecular flexibility index (Phi) is 6.89. The normalized spacial score (nSPS) is 15.8. The monoisotopic (exact) mass is 494 g/mol. The number of hydrogen-bond acceptors (Lipinski definition) is 7. The average Bonchev–Trinajstić information content (AvgIpc) is 2.85. The van der Waals surface area contributed by atoms with Crippen LogP contribution in [0.15, 0.2) is 67.1 Å². The van der Waals surface area contributed by atoms with Gasteiger partial charge in [-0.3, -0.25) is 15.1 Å². The molecular formula is C29H30N6O2. The molecule has 1 spiro atoms. The van der Waals surface area contributed by atoms with Crippen LogP contribution >= 0.6 is 0 Å². The number of likely N-dealkylation sites (tertiary alicyclic amines) is 1. The highest BCUT2D eigenvalue weighted by molar-refractivity contribution is 6.13. The first-order valence-electron chi connectivity index (χ1n) is 12.3. The van der Waals surface area contributed by atoms with Crippen LogP contribution < -0.4 is 10.1 Å². The molecule has 0 unspecified atom stereocenters. The Morgan fingerprint density at radius 3 is 2.54 bits per heavy atom. The molecular weight excluding hydrogens is 464 g/mol. The summed E-state index contributed by atoms with van der Waals surface area (Å²) in [6, 6.07) is 17.3. The van der Waals surface area contributed by atoms with Gasteiger partial charge in [0.25, 0.3) is 5.91 Å². The minimum atomic E-state index is -0.0874. The lowest BCUT2D eigenvalue weighted by Crippen LogP contribution is -2.66. The molecule has 2 N–H and O–H groups in total. The number of rotatable bonds is 7. The summed E-state index contributed by atoms with van der Waals surface area (Å²) in [7, 11) is 3.86. The molecule has 0 atom stereocenters. The number of carbonyl (C=O) groups excluding carboxylic acids is 1. The van der Waals surface area contributed by atoms with Crippen molar-refractivity contribution in [3.05, 3.63) is 78.2 Å². The van der Waals surface area contributed by atoms with Gasteiger partial charge in [-0.1, -0.05) is 24.1 Å². The second-order valence-electron chi connectivity index (χ2n) is 10.0. The molecule has 1 aliphatic carbocycles. The van der Waals surface area contributed by atoms with Crippen LogP contribution in [0.25, 0.3) is 0 Å². The van der Waals surface area contributed by atoms with Gasteiger partial charge in [0.15, 0.2) is 0 Å². The molecule has 1 saturated heterocycles. The van der Waals surface area contributed by atoms with E-state index in [0.717, 1.165) is 37.2 Å². The summed E-state index contributed by atoms with van der Waals surface area (Å²) in [4.78, 5) is 24.6. The van der Waals surface area contributed by atoms with Crippen LogP contribution in [-0.4, -0.2) is 71.2 Å². The van der Waals surface area contributed by atoms with E-state index in [2.05, 4.69) is 27.1 Å². The highest BCUT2D eigenvalue weighted by Gasteiger charge is 2.53. The maximum Gasteiger partial charge on any atom is 0.298 e. The summed E-state index contributed by atoms with van der Waals surface area (Å²) in [5.74, 6) is 7.70. The number of nitrogens with zero attached hydrogens (tertiary/aromatic N) is 4. The topological polar surface area (TPSA) is 94.4 Å². The number of hydrogen-bond donors (Lipinski definition) is 2. The molecule has 2 fully saturated rings. The third kappa shape index (κ3) is 5.63. The van der Waals surface area contributed by atoms with Crippen molar-refractivity contribution in [3.8, 4) is 23.3 Å². The van der Waals surface area contributed by atoms with E-state index in [1.165, 1.54) is 6.33 Å². The van der Waals surface area contributed by atoms with Crippen LogP contribution in [0.4, 0.5) is 5.82 Å². The summed E-state index contributed by atoms with van der Waals surface area (Å²) in [6.07, 6.45) is 5.10. The molecule has 2 heterocycles. The van der Waals surface area contributed by atoms with E-state index in [9.17, 15) is 4.79 Å². The zero-order valence-corrected chi connectivity index (χ0v) is 21.1. The predicted molar refractivity (Wildman–Crippen MR) is 143 cm³/mol. The molecule has 1 aromatic heterocycles. The van der Waals surface area contributed by atoms with Gasteiger partial charge in [-0.15, -0.1) is 0 Å². The van der Waals surface area contributed by atoms with Crippen molar-refractivity contribution in [2.24, 2.45) is 5.41 Å². The predicted octanol–water partition coefficient (Wildman–Crippen LogP) is 3.65. The zero-order valence-electron chi connectivity index (χ0n) is 21.1. The van der Waals surface area contributed by atoms with Crippen molar-refractivity contribution in [2.45, 2.75) is 18.9 Å². The molecule has 1 amide bonds. The first-order valence-corrected chi connectivity index (χ1v) is 12.3. The number of carbonyl (C=O) groups is 1. The third-order valence-electron chi connectivity index (χ3n) is 6.73. The minimum absolute atomic E-state index is 0.0874. The third-order valence-corrected chi connectivity index (χ3v) is 6.73. The highest BCUT2D eigenvalue weighted by atomic mass is 16.5. The lowest BCUT2D eigenvalue weighted by atomic mass is 9.60. The smallest absolute Gasteiger partial charge is 0.298 e. The summed E-state index contributed by atoms with van der Waals surface area (Å²) in [5, 5.41) is 12.3. The molecule has 1 aliphatic heterocycles. The van der Waals surface area contributed by atoms with Gasteiger partial charge >= 0.3 is 0 Å². The zero-order chi connectivity index (χ0) is 25.8. The fourth-order valence-electron chi connectivity index (χ4n) is 4.90. The van der Waals surface area contributed by atoms with Crippen molar-refractivity contribution in [1.82, 2.24) is 19.8 Å². The van der Waals surface area contributed by atoms with Gasteiger partial charge in [0.2, 0.25) is 0 Å². The van der Waals surface area contributed by atoms with Crippen LogP contribution in [0, 0.1) is 22.7 Å². The standard InChI is InChI=1S/C29H30N6O2/c1-34(2)14-6-9-26(36)35-18-29(19-35)15-22(16-29)33-28-25(17-31-20-32-28)27(30)21-10-12-24(13-11-21)37-23-7-4-3-5-8-23/h3-5,7-8,10-13,17,20,22,30H,14-16,18-19H2,1-2H3,(H,31,32,33). The van der Waals surface area contributed by atoms with Gasteiger partial charge in [-0.05, 0) is 69.3 Å². The highest BCUT2D eigenvalue weighted by Crippen LogP contribution is 2.49. The van der Waals surface area contributed by atoms with Gasteiger partial charge in [0.1, 0.15) is 23.6 Å². The van der Waals surface area contributed by atoms with Crippen molar-refractivity contribution < 1.29 is 9.53 Å². The molecule has 8 nitrogen and oxygen atoms in total. The van der Waals surface area contributed by atoms with Gasteiger partial charge < -0.3 is 15.0 Å². The van der Waals surface area contributed by atoms with E-state index >= 15 is 0 Å². The lowest BCUT2D eigenvalue weighted by molar-refractivity contribution is -0.144. The Bertz CT molecular complexity index is 1330. The van der Waals surface area contributed by atoms with Crippen molar-refractivity contribution in [2.75, 3.05) is 39.0 Å². The van der Waals surface area contributed by atoms with Crippen molar-refractivity contribution in [1.29, 1.82) is 5.41 Å². The van der Waals surface area contributed by atoms with Crippen LogP contribution in [0.1, 0.15) is 24.0 Å². The first kappa shape index (κ1) is 24.5. The van der Waals surface area contributed by atoms with E-state index in [-0.39, 0.29) is 17.4 Å². The molecule has 3 aromatic rings. The number of ether oxygens (including phenoxy) is 1. The maximum absolute atomic E-state index is 12.2. The molecule has 0 radical (unpaired) electrons. The molecule has 188 valence electrons. The summed E-state index contributed by atoms with van der Waals surface area (Å²) in [5.41, 5.74) is 1.93. The molecule has 8 heteroatoms. The average molecular weight is 495 g/mol. The quantitative estimate of drug-likeness (QED) is 0.385. The molecule has 2 aromatic carbocycles. The number of anilines is 1. The molecule has 1 saturated carbocycles. The molecule has 0 bridgehead atoms. The number of benzene rings is 2. The Morgan fingerprint density at radius 2 is 1.84 bits per heavy atom. The number of para-hydroxylation sites is 1. The van der Waals surface area contributed by atoms with Crippen molar-refractivity contribution in [3.63, 3.8) is 0 Å². The second kappa shape index (κ2) is 10.4. The Hall–Kier alpha value is -4.22. The minimum Gasteiger partial charge on any atom is -0.457 e. The van der Waals surface area contributed by atoms with E-state index in [1.807, 2.05) is 78.5 Å². The fourth-order valence-corrected chi connectivity index (χ4v) is 4.90. The lowest BCUT2D eigenvalue weighted by Gasteiger charge is -2.58. The summed E-state index contributed by atoms with van der Waals surface area (Å²) >= 11 is 0. The Balaban J connectivity index is 1.16. The second-order valence-corrected chi connectivity index (χ2v) is 10.0. The summed E-state index contributed by atoms with van der Waals surface area (Å²) in [6.45, 7) is 2.09. The number of nitrogens with one attached hydrogen (secondary N) is 2. The first-order chi connectivity index (χ1) is 17.9. The fraction of sp³-hybridized carbons (Fsp3) is 0.310. The van der Waals surface area contributed by atoms with Crippen molar-refractivity contribution >= 4 is 17.4 Å². The molecule has 37 heavy (non-hydrogen) atoms. The Morgan fingerprint density at radius 1 is 1.14 bits per heavy atom.